The molecule has 2 rings (SSSR count). The molecule has 0 bridgehead atoms. The Kier molecular flexibility index (Phi) is 4.98. The number of aromatic nitrogens is 3. The van der Waals surface area contributed by atoms with Gasteiger partial charge in [0.2, 0.25) is 11.8 Å². The standard InChI is InChI=1S/C12H12F3N5O3/c1-2-22-9-7(4-3-5-16-9)18-11(21)17-6-8-19-10(20-23-8)12(13,14)15/h3-5H,2,6H2,1H3,(H2,17,18,21). The summed E-state index contributed by atoms with van der Waals surface area (Å²) < 4.78 is 46.5. The van der Waals surface area contributed by atoms with Gasteiger partial charge in [0.1, 0.15) is 5.69 Å². The minimum Gasteiger partial charge on any atom is -0.476 e. The first-order valence-corrected chi connectivity index (χ1v) is 6.42. The van der Waals surface area contributed by atoms with Gasteiger partial charge in [0.05, 0.1) is 13.2 Å². The van der Waals surface area contributed by atoms with Crippen molar-refractivity contribution in [1.82, 2.24) is 20.4 Å². The van der Waals surface area contributed by atoms with Gasteiger partial charge < -0.3 is 19.9 Å². The lowest BCUT2D eigenvalue weighted by atomic mass is 10.4. The molecule has 0 fully saturated rings. The van der Waals surface area contributed by atoms with Gasteiger partial charge >= 0.3 is 12.2 Å². The molecule has 0 aliphatic carbocycles. The second-order valence-corrected chi connectivity index (χ2v) is 4.11. The molecule has 23 heavy (non-hydrogen) atoms. The Labute approximate surface area is 128 Å². The van der Waals surface area contributed by atoms with Crippen molar-refractivity contribution in [2.45, 2.75) is 19.6 Å². The Morgan fingerprint density at radius 1 is 1.43 bits per heavy atom. The minimum atomic E-state index is -4.70. The third-order valence-electron chi connectivity index (χ3n) is 2.42. The van der Waals surface area contributed by atoms with Gasteiger partial charge in [-0.2, -0.15) is 18.2 Å². The van der Waals surface area contributed by atoms with E-state index in [0.29, 0.717) is 12.3 Å². The summed E-state index contributed by atoms with van der Waals surface area (Å²) in [5.74, 6) is -1.55. The van der Waals surface area contributed by atoms with E-state index in [0.717, 1.165) is 0 Å². The molecule has 2 aromatic rings. The number of urea groups is 1. The highest BCUT2D eigenvalue weighted by molar-refractivity contribution is 5.90. The highest BCUT2D eigenvalue weighted by Crippen LogP contribution is 2.26. The Balaban J connectivity index is 1.92. The normalized spacial score (nSPS) is 11.1. The van der Waals surface area contributed by atoms with Crippen LogP contribution in [0.15, 0.2) is 22.9 Å². The van der Waals surface area contributed by atoms with Gasteiger partial charge in [-0.15, -0.1) is 0 Å². The quantitative estimate of drug-likeness (QED) is 0.871. The van der Waals surface area contributed by atoms with Crippen LogP contribution in [0.2, 0.25) is 0 Å². The van der Waals surface area contributed by atoms with E-state index in [1.165, 1.54) is 6.20 Å². The molecule has 2 heterocycles. The minimum absolute atomic E-state index is 0.224. The average Bonchev–Trinajstić information content (AvgIpc) is 2.96. The largest absolute Gasteiger partial charge is 0.476 e. The predicted octanol–water partition coefficient (Wildman–Crippen LogP) is 2.20. The Morgan fingerprint density at radius 2 is 2.22 bits per heavy atom. The summed E-state index contributed by atoms with van der Waals surface area (Å²) in [6, 6.07) is 2.46. The van der Waals surface area contributed by atoms with Crippen LogP contribution in [0.25, 0.3) is 0 Å². The third-order valence-corrected chi connectivity index (χ3v) is 2.42. The highest BCUT2D eigenvalue weighted by atomic mass is 19.4. The van der Waals surface area contributed by atoms with Crippen LogP contribution in [-0.2, 0) is 12.7 Å². The van der Waals surface area contributed by atoms with Crippen LogP contribution in [0.5, 0.6) is 5.88 Å². The van der Waals surface area contributed by atoms with Crippen LogP contribution in [0, 0.1) is 0 Å². The number of rotatable bonds is 5. The molecular formula is C12H12F3N5O3. The number of carbonyl (C=O) groups excluding carboxylic acids is 1. The topological polar surface area (TPSA) is 102 Å². The number of nitrogens with zero attached hydrogens (tertiary/aromatic N) is 3. The molecule has 2 aromatic heterocycles. The molecule has 0 aromatic carbocycles. The Morgan fingerprint density at radius 3 is 2.87 bits per heavy atom. The van der Waals surface area contributed by atoms with Crippen LogP contribution in [0.3, 0.4) is 0 Å². The Bertz CT molecular complexity index is 674. The van der Waals surface area contributed by atoms with E-state index in [-0.39, 0.29) is 18.3 Å². The summed E-state index contributed by atoms with van der Waals surface area (Å²) in [6.07, 6.45) is -3.21. The monoisotopic (exact) mass is 331 g/mol. The van der Waals surface area contributed by atoms with Crippen molar-refractivity contribution in [3.63, 3.8) is 0 Å². The number of ether oxygens (including phenoxy) is 1. The lowest BCUT2D eigenvalue weighted by molar-refractivity contribution is -0.146. The zero-order valence-electron chi connectivity index (χ0n) is 11.8. The van der Waals surface area contributed by atoms with E-state index < -0.39 is 18.0 Å². The van der Waals surface area contributed by atoms with Gasteiger partial charge in [0, 0.05) is 6.20 Å². The third kappa shape index (κ3) is 4.56. The molecule has 0 saturated carbocycles. The molecule has 2 amide bonds. The summed E-state index contributed by atoms with van der Waals surface area (Å²) in [5, 5.41) is 7.51. The molecule has 0 aliphatic rings. The van der Waals surface area contributed by atoms with E-state index in [1.54, 1.807) is 19.1 Å². The summed E-state index contributed by atoms with van der Waals surface area (Å²) >= 11 is 0. The smallest absolute Gasteiger partial charge is 0.455 e. The molecular weight excluding hydrogens is 319 g/mol. The van der Waals surface area contributed by atoms with E-state index in [4.69, 9.17) is 4.74 Å². The molecule has 8 nitrogen and oxygen atoms in total. The number of hydrogen-bond donors (Lipinski definition) is 2. The first-order chi connectivity index (χ1) is 10.9. The maximum atomic E-state index is 12.3. The van der Waals surface area contributed by atoms with E-state index in [2.05, 4.69) is 30.3 Å². The number of alkyl halides is 3. The van der Waals surface area contributed by atoms with E-state index in [9.17, 15) is 18.0 Å². The molecule has 0 saturated heterocycles. The van der Waals surface area contributed by atoms with Crippen LogP contribution >= 0.6 is 0 Å². The van der Waals surface area contributed by atoms with Crippen molar-refractivity contribution in [3.8, 4) is 5.88 Å². The summed E-state index contributed by atoms with van der Waals surface area (Å²) in [4.78, 5) is 18.8. The number of pyridine rings is 1. The first-order valence-electron chi connectivity index (χ1n) is 6.42. The fourth-order valence-corrected chi connectivity index (χ4v) is 1.50. The predicted molar refractivity (Wildman–Crippen MR) is 70.6 cm³/mol. The molecule has 0 aliphatic heterocycles. The van der Waals surface area contributed by atoms with Crippen molar-refractivity contribution in [2.75, 3.05) is 11.9 Å². The van der Waals surface area contributed by atoms with Crippen molar-refractivity contribution in [1.29, 1.82) is 0 Å². The van der Waals surface area contributed by atoms with Gasteiger partial charge in [0.15, 0.2) is 0 Å². The molecule has 11 heteroatoms. The van der Waals surface area contributed by atoms with Gasteiger partial charge in [-0.05, 0) is 19.1 Å². The average molecular weight is 331 g/mol. The van der Waals surface area contributed by atoms with Gasteiger partial charge in [-0.1, -0.05) is 5.16 Å². The van der Waals surface area contributed by atoms with Crippen molar-refractivity contribution >= 4 is 11.7 Å². The van der Waals surface area contributed by atoms with Gasteiger partial charge in [0.25, 0.3) is 5.82 Å². The fraction of sp³-hybridized carbons (Fsp3) is 0.333. The zero-order valence-corrected chi connectivity index (χ0v) is 11.8. The van der Waals surface area contributed by atoms with Crippen molar-refractivity contribution in [3.05, 3.63) is 30.0 Å². The van der Waals surface area contributed by atoms with E-state index in [1.807, 2.05) is 0 Å². The number of amides is 2. The maximum absolute atomic E-state index is 12.3. The molecule has 0 atom stereocenters. The maximum Gasteiger partial charge on any atom is 0.455 e. The molecule has 0 radical (unpaired) electrons. The summed E-state index contributed by atoms with van der Waals surface area (Å²) in [5.41, 5.74) is 0.313. The van der Waals surface area contributed by atoms with Crippen molar-refractivity contribution < 1.29 is 27.2 Å². The zero-order chi connectivity index (χ0) is 16.9. The van der Waals surface area contributed by atoms with Crippen LogP contribution < -0.4 is 15.4 Å². The molecule has 124 valence electrons. The molecule has 0 unspecified atom stereocenters. The summed E-state index contributed by atoms with van der Waals surface area (Å²) in [6.45, 7) is 1.75. The lowest BCUT2D eigenvalue weighted by Crippen LogP contribution is -2.28. The number of carbonyl (C=O) groups is 1. The van der Waals surface area contributed by atoms with Crippen LogP contribution in [0.4, 0.5) is 23.7 Å². The Hall–Kier alpha value is -2.85. The van der Waals surface area contributed by atoms with E-state index >= 15 is 0 Å². The molecule has 2 N–H and O–H groups in total. The second-order valence-electron chi connectivity index (χ2n) is 4.11. The number of anilines is 1. The summed E-state index contributed by atoms with van der Waals surface area (Å²) in [7, 11) is 0. The number of nitrogens with one attached hydrogen (secondary N) is 2. The second kappa shape index (κ2) is 6.94. The first kappa shape index (κ1) is 16.5. The van der Waals surface area contributed by atoms with Gasteiger partial charge in [-0.3, -0.25) is 0 Å². The van der Waals surface area contributed by atoms with Crippen molar-refractivity contribution in [2.24, 2.45) is 0 Å². The highest BCUT2D eigenvalue weighted by Gasteiger charge is 2.37. The van der Waals surface area contributed by atoms with Crippen LogP contribution in [-0.4, -0.2) is 27.8 Å². The fourth-order valence-electron chi connectivity index (χ4n) is 1.50. The van der Waals surface area contributed by atoms with Crippen LogP contribution in [0.1, 0.15) is 18.6 Å². The number of halogens is 3. The molecule has 0 spiro atoms. The SMILES string of the molecule is CCOc1ncccc1NC(=O)NCc1nc(C(F)(F)F)no1. The lowest BCUT2D eigenvalue weighted by Gasteiger charge is -2.10. The number of hydrogen-bond acceptors (Lipinski definition) is 6. The van der Waals surface area contributed by atoms with Gasteiger partial charge in [-0.25, -0.2) is 9.78 Å².